The van der Waals surface area contributed by atoms with Crippen LogP contribution in [0.4, 0.5) is 10.1 Å². The summed E-state index contributed by atoms with van der Waals surface area (Å²) in [7, 11) is -3.70. The zero-order valence-electron chi connectivity index (χ0n) is 18.3. The van der Waals surface area contributed by atoms with Gasteiger partial charge in [0.25, 0.3) is 5.91 Å². The molecule has 6 nitrogen and oxygen atoms in total. The van der Waals surface area contributed by atoms with E-state index in [1.54, 1.807) is 0 Å². The Kier molecular flexibility index (Phi) is 6.81. The average molecular weight is 460 g/mol. The molecule has 32 heavy (non-hydrogen) atoms. The van der Waals surface area contributed by atoms with Crippen LogP contribution in [0.15, 0.2) is 53.4 Å². The van der Waals surface area contributed by atoms with Crippen molar-refractivity contribution in [3.05, 3.63) is 59.9 Å². The van der Waals surface area contributed by atoms with Gasteiger partial charge in [-0.05, 0) is 75.4 Å². The molecule has 4 rings (SSSR count). The van der Waals surface area contributed by atoms with E-state index in [1.807, 2.05) is 29.2 Å². The van der Waals surface area contributed by atoms with E-state index < -0.39 is 15.8 Å². The number of para-hydroxylation sites is 1. The topological polar surface area (TPSA) is 69.7 Å². The van der Waals surface area contributed by atoms with Gasteiger partial charge in [-0.15, -0.1) is 0 Å². The van der Waals surface area contributed by atoms with Crippen LogP contribution in [0.25, 0.3) is 0 Å². The highest BCUT2D eigenvalue weighted by atomic mass is 32.2. The number of anilines is 1. The number of amides is 1. The minimum absolute atomic E-state index is 0.0629. The summed E-state index contributed by atoms with van der Waals surface area (Å²) in [5.74, 6) is -0.392. The molecule has 1 unspecified atom stereocenters. The van der Waals surface area contributed by atoms with Gasteiger partial charge in [0.2, 0.25) is 10.0 Å². The second-order valence-corrected chi connectivity index (χ2v) is 10.4. The molecule has 0 aliphatic carbocycles. The van der Waals surface area contributed by atoms with Gasteiger partial charge in [0, 0.05) is 37.4 Å². The molecule has 172 valence electrons. The number of halogens is 1. The molecule has 1 atom stereocenters. The molecule has 0 aromatic heterocycles. The Bertz CT molecular complexity index is 1050. The molecule has 2 aromatic carbocycles. The highest BCUT2D eigenvalue weighted by Crippen LogP contribution is 2.28. The molecular weight excluding hydrogens is 429 g/mol. The average Bonchev–Trinajstić information content (AvgIpc) is 2.79. The van der Waals surface area contributed by atoms with Gasteiger partial charge in [0.05, 0.1) is 10.5 Å². The molecule has 2 heterocycles. The number of rotatable bonds is 5. The molecule has 2 aliphatic rings. The third kappa shape index (κ3) is 4.96. The number of hydrogen-bond acceptors (Lipinski definition) is 4. The van der Waals surface area contributed by atoms with Crippen LogP contribution >= 0.6 is 0 Å². The lowest BCUT2D eigenvalue weighted by molar-refractivity contribution is 0.0636. The van der Waals surface area contributed by atoms with Gasteiger partial charge in [-0.2, -0.15) is 0 Å². The maximum Gasteiger partial charge on any atom is 0.256 e. The maximum atomic E-state index is 13.3. The first-order valence-electron chi connectivity index (χ1n) is 11.3. The summed E-state index contributed by atoms with van der Waals surface area (Å²) in [6.45, 7) is 4.20. The summed E-state index contributed by atoms with van der Waals surface area (Å²) in [6, 6.07) is 12.6. The van der Waals surface area contributed by atoms with Crippen LogP contribution in [0.3, 0.4) is 0 Å². The number of piperidine rings is 2. The molecule has 0 bridgehead atoms. The molecule has 1 N–H and O–H groups in total. The predicted octanol–water partition coefficient (Wildman–Crippen LogP) is 3.79. The Morgan fingerprint density at radius 3 is 2.34 bits per heavy atom. The number of benzene rings is 2. The van der Waals surface area contributed by atoms with E-state index in [-0.39, 0.29) is 22.9 Å². The van der Waals surface area contributed by atoms with E-state index in [0.29, 0.717) is 31.5 Å². The standard InChI is InChI=1S/C24H30FN3O3S/c1-18-6-4-5-15-28(18)24(29)22-7-2-3-8-23(22)27-16-13-20(14-17-27)26-32(30,31)21-11-9-19(25)10-12-21/h2-3,7-12,18,20,26H,4-6,13-17H2,1H3. The van der Waals surface area contributed by atoms with E-state index >= 15 is 0 Å². The third-order valence-corrected chi connectivity index (χ3v) is 8.02. The van der Waals surface area contributed by atoms with E-state index in [4.69, 9.17) is 0 Å². The van der Waals surface area contributed by atoms with Crippen LogP contribution in [0.2, 0.25) is 0 Å². The summed E-state index contributed by atoms with van der Waals surface area (Å²) >= 11 is 0. The summed E-state index contributed by atoms with van der Waals surface area (Å²) in [5.41, 5.74) is 1.63. The fraction of sp³-hybridized carbons (Fsp3) is 0.458. The summed E-state index contributed by atoms with van der Waals surface area (Å²) < 4.78 is 41.1. The minimum atomic E-state index is -3.70. The van der Waals surface area contributed by atoms with E-state index in [2.05, 4.69) is 16.5 Å². The molecule has 2 saturated heterocycles. The highest BCUT2D eigenvalue weighted by molar-refractivity contribution is 7.89. The molecule has 1 amide bonds. The number of likely N-dealkylation sites (tertiary alicyclic amines) is 1. The number of sulfonamides is 1. The van der Waals surface area contributed by atoms with Gasteiger partial charge in [0.1, 0.15) is 5.82 Å². The number of nitrogens with zero attached hydrogens (tertiary/aromatic N) is 2. The van der Waals surface area contributed by atoms with Crippen molar-refractivity contribution in [1.82, 2.24) is 9.62 Å². The third-order valence-electron chi connectivity index (χ3n) is 6.48. The first-order valence-corrected chi connectivity index (χ1v) is 12.8. The summed E-state index contributed by atoms with van der Waals surface area (Å²) in [6.07, 6.45) is 4.49. The Labute approximate surface area is 189 Å². The Balaban J connectivity index is 1.42. The molecule has 8 heteroatoms. The zero-order chi connectivity index (χ0) is 22.7. The lowest BCUT2D eigenvalue weighted by Crippen LogP contribution is -2.46. The SMILES string of the molecule is CC1CCCCN1C(=O)c1ccccc1N1CCC(NS(=O)(=O)c2ccc(F)cc2)CC1. The fourth-order valence-electron chi connectivity index (χ4n) is 4.62. The zero-order valence-corrected chi connectivity index (χ0v) is 19.2. The number of hydrogen-bond donors (Lipinski definition) is 1. The van der Waals surface area contributed by atoms with Crippen LogP contribution in [0, 0.1) is 5.82 Å². The quantitative estimate of drug-likeness (QED) is 0.739. The molecule has 2 fully saturated rings. The first-order chi connectivity index (χ1) is 15.3. The van der Waals surface area contributed by atoms with Crippen LogP contribution in [-0.2, 0) is 10.0 Å². The lowest BCUT2D eigenvalue weighted by atomic mass is 10.00. The van der Waals surface area contributed by atoms with E-state index in [0.717, 1.165) is 43.6 Å². The highest BCUT2D eigenvalue weighted by Gasteiger charge is 2.29. The van der Waals surface area contributed by atoms with Crippen molar-refractivity contribution in [2.45, 2.75) is 56.0 Å². The second-order valence-electron chi connectivity index (χ2n) is 8.70. The van der Waals surface area contributed by atoms with Crippen molar-refractivity contribution < 1.29 is 17.6 Å². The van der Waals surface area contributed by atoms with Crippen LogP contribution in [0.5, 0.6) is 0 Å². The van der Waals surface area contributed by atoms with E-state index in [9.17, 15) is 17.6 Å². The normalized spacial score (nSPS) is 20.4. The van der Waals surface area contributed by atoms with Crippen molar-refractivity contribution in [1.29, 1.82) is 0 Å². The van der Waals surface area contributed by atoms with Gasteiger partial charge in [0.15, 0.2) is 0 Å². The summed E-state index contributed by atoms with van der Waals surface area (Å²) in [5, 5.41) is 0. The predicted molar refractivity (Wildman–Crippen MR) is 123 cm³/mol. The van der Waals surface area contributed by atoms with Crippen molar-refractivity contribution in [2.75, 3.05) is 24.5 Å². The number of nitrogens with one attached hydrogen (secondary N) is 1. The largest absolute Gasteiger partial charge is 0.371 e. The molecule has 0 saturated carbocycles. The van der Waals surface area contributed by atoms with Gasteiger partial charge in [-0.3, -0.25) is 4.79 Å². The Morgan fingerprint density at radius 2 is 1.66 bits per heavy atom. The Hall–Kier alpha value is -2.45. The molecule has 2 aliphatic heterocycles. The van der Waals surface area contributed by atoms with Crippen LogP contribution < -0.4 is 9.62 Å². The van der Waals surface area contributed by atoms with E-state index in [1.165, 1.54) is 12.1 Å². The van der Waals surface area contributed by atoms with Gasteiger partial charge in [-0.25, -0.2) is 17.5 Å². The molecule has 0 spiro atoms. The van der Waals surface area contributed by atoms with Crippen molar-refractivity contribution in [2.24, 2.45) is 0 Å². The monoisotopic (exact) mass is 459 g/mol. The molecular formula is C24H30FN3O3S. The lowest BCUT2D eigenvalue weighted by Gasteiger charge is -2.37. The first kappa shape index (κ1) is 22.7. The van der Waals surface area contributed by atoms with Crippen molar-refractivity contribution in [3.63, 3.8) is 0 Å². The minimum Gasteiger partial charge on any atom is -0.371 e. The van der Waals surface area contributed by atoms with Crippen molar-refractivity contribution >= 4 is 21.6 Å². The Morgan fingerprint density at radius 1 is 0.969 bits per heavy atom. The second kappa shape index (κ2) is 9.58. The fourth-order valence-corrected chi connectivity index (χ4v) is 5.93. The molecule has 0 radical (unpaired) electrons. The van der Waals surface area contributed by atoms with Gasteiger partial charge < -0.3 is 9.80 Å². The van der Waals surface area contributed by atoms with Crippen LogP contribution in [-0.4, -0.2) is 50.9 Å². The number of carbonyl (C=O) groups excluding carboxylic acids is 1. The maximum absolute atomic E-state index is 13.3. The van der Waals surface area contributed by atoms with Gasteiger partial charge >= 0.3 is 0 Å². The molecule has 2 aromatic rings. The van der Waals surface area contributed by atoms with Crippen LogP contribution in [0.1, 0.15) is 49.4 Å². The summed E-state index contributed by atoms with van der Waals surface area (Å²) in [4.78, 5) is 17.5. The smallest absolute Gasteiger partial charge is 0.256 e. The van der Waals surface area contributed by atoms with Crippen molar-refractivity contribution in [3.8, 4) is 0 Å². The number of carbonyl (C=O) groups is 1. The van der Waals surface area contributed by atoms with Gasteiger partial charge in [-0.1, -0.05) is 12.1 Å².